The van der Waals surface area contributed by atoms with Gasteiger partial charge in [0.05, 0.1) is 11.2 Å². The highest BCUT2D eigenvalue weighted by Crippen LogP contribution is 2.32. The lowest BCUT2D eigenvalue weighted by Gasteiger charge is -2.33. The van der Waals surface area contributed by atoms with E-state index in [-0.39, 0.29) is 5.54 Å². The van der Waals surface area contributed by atoms with Gasteiger partial charge in [-0.05, 0) is 38.5 Å². The molecule has 0 aromatic heterocycles. The summed E-state index contributed by atoms with van der Waals surface area (Å²) < 4.78 is 5.63. The minimum Gasteiger partial charge on any atom is -0.489 e. The van der Waals surface area contributed by atoms with Gasteiger partial charge in [-0.25, -0.2) is 0 Å². The average Bonchev–Trinajstić information content (AvgIpc) is 2.32. The topological polar surface area (TPSA) is 21.3 Å². The molecular weight excluding hydrogens is 210 g/mol. The van der Waals surface area contributed by atoms with Crippen molar-refractivity contribution in [3.05, 3.63) is 23.8 Å². The van der Waals surface area contributed by atoms with Crippen LogP contribution in [0, 0.1) is 6.92 Å². The summed E-state index contributed by atoms with van der Waals surface area (Å²) in [5, 5.41) is 3.45. The molecule has 98 valence electrons. The Morgan fingerprint density at radius 2 is 1.71 bits per heavy atom. The van der Waals surface area contributed by atoms with Crippen molar-refractivity contribution in [2.75, 3.05) is 11.9 Å². The molecule has 1 aromatic carbocycles. The minimum atomic E-state index is 0.0425. The third kappa shape index (κ3) is 4.68. The van der Waals surface area contributed by atoms with E-state index in [0.29, 0.717) is 0 Å². The summed E-state index contributed by atoms with van der Waals surface area (Å²) in [4.78, 5) is 0. The first-order valence-corrected chi connectivity index (χ1v) is 6.58. The van der Waals surface area contributed by atoms with Crippen LogP contribution in [0.1, 0.15) is 47.1 Å². The molecular formula is C15H27NO. The van der Waals surface area contributed by atoms with Gasteiger partial charge in [0.2, 0.25) is 0 Å². The Labute approximate surface area is 106 Å². The standard InChI is InChI=1S/C11H15NO.2C2H6/c1-8-4-5-10-9(6-8)12-11(2,3)7-13-10;2*1-2/h4-6,12H,7H2,1-3H3;2*1-2H3. The van der Waals surface area contributed by atoms with Gasteiger partial charge in [0, 0.05) is 0 Å². The molecule has 0 amide bonds. The molecule has 0 spiro atoms. The fraction of sp³-hybridized carbons (Fsp3) is 0.600. The molecule has 0 radical (unpaired) electrons. The van der Waals surface area contributed by atoms with Crippen LogP contribution >= 0.6 is 0 Å². The van der Waals surface area contributed by atoms with Gasteiger partial charge in [-0.2, -0.15) is 0 Å². The van der Waals surface area contributed by atoms with Crippen LogP contribution in [0.2, 0.25) is 0 Å². The molecule has 2 heteroatoms. The quantitative estimate of drug-likeness (QED) is 0.710. The summed E-state index contributed by atoms with van der Waals surface area (Å²) in [6, 6.07) is 6.21. The zero-order valence-electron chi connectivity index (χ0n) is 12.3. The van der Waals surface area contributed by atoms with Crippen LogP contribution in [0.15, 0.2) is 18.2 Å². The van der Waals surface area contributed by atoms with Crippen LogP contribution < -0.4 is 10.1 Å². The second kappa shape index (κ2) is 7.21. The molecule has 1 aromatic rings. The Bertz CT molecular complexity index is 332. The number of hydrogen-bond acceptors (Lipinski definition) is 2. The smallest absolute Gasteiger partial charge is 0.142 e. The van der Waals surface area contributed by atoms with Crippen LogP contribution in [0.3, 0.4) is 0 Å². The number of ether oxygens (including phenoxy) is 1. The van der Waals surface area contributed by atoms with Gasteiger partial charge in [0.15, 0.2) is 0 Å². The summed E-state index contributed by atoms with van der Waals surface area (Å²) in [6.45, 7) is 15.1. The zero-order valence-corrected chi connectivity index (χ0v) is 12.3. The number of anilines is 1. The first kappa shape index (κ1) is 15.8. The molecule has 0 aliphatic carbocycles. The molecule has 1 aliphatic rings. The molecule has 0 saturated heterocycles. The second-order valence-electron chi connectivity index (χ2n) is 4.30. The van der Waals surface area contributed by atoms with Gasteiger partial charge in [-0.1, -0.05) is 33.8 Å². The summed E-state index contributed by atoms with van der Waals surface area (Å²) >= 11 is 0. The lowest BCUT2D eigenvalue weighted by Crippen LogP contribution is -2.40. The van der Waals surface area contributed by atoms with E-state index in [9.17, 15) is 0 Å². The Morgan fingerprint density at radius 3 is 2.29 bits per heavy atom. The Balaban J connectivity index is 0.000000581. The molecule has 0 bridgehead atoms. The predicted octanol–water partition coefficient (Wildman–Crippen LogP) is 4.63. The van der Waals surface area contributed by atoms with Crippen molar-refractivity contribution in [2.24, 2.45) is 0 Å². The summed E-state index contributed by atoms with van der Waals surface area (Å²) in [5.74, 6) is 0.963. The molecule has 0 atom stereocenters. The number of aryl methyl sites for hydroxylation is 1. The van der Waals surface area contributed by atoms with Crippen molar-refractivity contribution in [2.45, 2.75) is 54.0 Å². The number of fused-ring (bicyclic) bond motifs is 1. The summed E-state index contributed by atoms with van der Waals surface area (Å²) in [6.07, 6.45) is 0. The van der Waals surface area contributed by atoms with Crippen LogP contribution in [-0.2, 0) is 0 Å². The fourth-order valence-electron chi connectivity index (χ4n) is 1.53. The lowest BCUT2D eigenvalue weighted by molar-refractivity contribution is 0.242. The lowest BCUT2D eigenvalue weighted by atomic mass is 10.0. The molecule has 17 heavy (non-hydrogen) atoms. The largest absolute Gasteiger partial charge is 0.489 e. The van der Waals surface area contributed by atoms with E-state index < -0.39 is 0 Å². The van der Waals surface area contributed by atoms with Crippen molar-refractivity contribution < 1.29 is 4.74 Å². The van der Waals surface area contributed by atoms with E-state index in [2.05, 4.69) is 38.2 Å². The van der Waals surface area contributed by atoms with Gasteiger partial charge in [-0.15, -0.1) is 0 Å². The summed E-state index contributed by atoms with van der Waals surface area (Å²) in [7, 11) is 0. The number of nitrogens with one attached hydrogen (secondary N) is 1. The van der Waals surface area contributed by atoms with Crippen LogP contribution in [0.25, 0.3) is 0 Å². The van der Waals surface area contributed by atoms with Crippen LogP contribution in [0.4, 0.5) is 5.69 Å². The molecule has 0 saturated carbocycles. The minimum absolute atomic E-state index is 0.0425. The predicted molar refractivity (Wildman–Crippen MR) is 77.1 cm³/mol. The highest BCUT2D eigenvalue weighted by Gasteiger charge is 2.25. The van der Waals surface area contributed by atoms with Gasteiger partial charge >= 0.3 is 0 Å². The molecule has 1 aliphatic heterocycles. The van der Waals surface area contributed by atoms with E-state index in [1.807, 2.05) is 33.8 Å². The third-order valence-corrected chi connectivity index (χ3v) is 2.20. The second-order valence-corrected chi connectivity index (χ2v) is 4.30. The van der Waals surface area contributed by atoms with Gasteiger partial charge in [0.1, 0.15) is 12.4 Å². The Hall–Kier alpha value is -1.18. The third-order valence-electron chi connectivity index (χ3n) is 2.20. The van der Waals surface area contributed by atoms with Crippen molar-refractivity contribution in [3.63, 3.8) is 0 Å². The van der Waals surface area contributed by atoms with E-state index in [1.165, 1.54) is 5.56 Å². The van der Waals surface area contributed by atoms with E-state index >= 15 is 0 Å². The first-order valence-electron chi connectivity index (χ1n) is 6.58. The number of hydrogen-bond donors (Lipinski definition) is 1. The number of benzene rings is 1. The normalized spacial score (nSPS) is 14.8. The molecule has 1 heterocycles. The molecule has 2 rings (SSSR count). The van der Waals surface area contributed by atoms with Gasteiger partial charge in [-0.3, -0.25) is 0 Å². The van der Waals surface area contributed by atoms with Crippen LogP contribution in [0.5, 0.6) is 5.75 Å². The van der Waals surface area contributed by atoms with E-state index in [0.717, 1.165) is 18.0 Å². The van der Waals surface area contributed by atoms with Gasteiger partial charge in [0.25, 0.3) is 0 Å². The Morgan fingerprint density at radius 1 is 1.12 bits per heavy atom. The van der Waals surface area contributed by atoms with Gasteiger partial charge < -0.3 is 10.1 Å². The van der Waals surface area contributed by atoms with E-state index in [4.69, 9.17) is 4.74 Å². The summed E-state index contributed by atoms with van der Waals surface area (Å²) in [5.41, 5.74) is 2.41. The van der Waals surface area contributed by atoms with Crippen LogP contribution in [-0.4, -0.2) is 12.1 Å². The maximum absolute atomic E-state index is 5.63. The molecule has 1 N–H and O–H groups in total. The Kier molecular flexibility index (Phi) is 6.71. The maximum Gasteiger partial charge on any atom is 0.142 e. The number of rotatable bonds is 0. The fourth-order valence-corrected chi connectivity index (χ4v) is 1.53. The average molecular weight is 237 g/mol. The highest BCUT2D eigenvalue weighted by molar-refractivity contribution is 5.60. The first-order chi connectivity index (χ1) is 8.07. The van der Waals surface area contributed by atoms with Crippen molar-refractivity contribution in [1.29, 1.82) is 0 Å². The highest BCUT2D eigenvalue weighted by atomic mass is 16.5. The van der Waals surface area contributed by atoms with Crippen molar-refractivity contribution >= 4 is 5.69 Å². The maximum atomic E-state index is 5.63. The molecule has 0 unspecified atom stereocenters. The monoisotopic (exact) mass is 237 g/mol. The molecule has 0 fully saturated rings. The van der Waals surface area contributed by atoms with E-state index in [1.54, 1.807) is 0 Å². The van der Waals surface area contributed by atoms with Crippen molar-refractivity contribution in [3.8, 4) is 5.75 Å². The van der Waals surface area contributed by atoms with Crippen molar-refractivity contribution in [1.82, 2.24) is 0 Å². The SMILES string of the molecule is CC.CC.Cc1ccc2c(c1)NC(C)(C)CO2. The zero-order chi connectivity index (χ0) is 13.5. The molecule has 2 nitrogen and oxygen atoms in total.